The predicted molar refractivity (Wildman–Crippen MR) is 71.7 cm³/mol. The summed E-state index contributed by atoms with van der Waals surface area (Å²) in [6.45, 7) is 0.252. The van der Waals surface area contributed by atoms with Crippen molar-refractivity contribution in [1.29, 1.82) is 0 Å². The molecule has 0 amide bonds. The highest BCUT2D eigenvalue weighted by atomic mass is 35.5. The number of nitro groups is 1. The largest absolute Gasteiger partial charge is 0.487 e. The predicted octanol–water partition coefficient (Wildman–Crippen LogP) is 3.88. The Bertz CT molecular complexity index is 602. The van der Waals surface area contributed by atoms with E-state index >= 15 is 0 Å². The molecule has 0 N–H and O–H groups in total. The molecule has 0 spiro atoms. The summed E-state index contributed by atoms with van der Waals surface area (Å²) in [4.78, 5) is 14.0. The molecule has 1 aromatic heterocycles. The van der Waals surface area contributed by atoms with Crippen molar-refractivity contribution in [3.05, 3.63) is 62.4 Å². The van der Waals surface area contributed by atoms with Crippen molar-refractivity contribution in [3.63, 3.8) is 0 Å². The Hall–Kier alpha value is -1.85. The van der Waals surface area contributed by atoms with Gasteiger partial charge in [-0.3, -0.25) is 10.1 Å². The van der Waals surface area contributed by atoms with Crippen LogP contribution in [-0.4, -0.2) is 9.91 Å². The zero-order valence-corrected chi connectivity index (χ0v) is 11.1. The van der Waals surface area contributed by atoms with Gasteiger partial charge in [0.15, 0.2) is 0 Å². The first-order chi connectivity index (χ1) is 9.06. The Labute approximate surface area is 118 Å². The van der Waals surface area contributed by atoms with Gasteiger partial charge in [-0.25, -0.2) is 4.98 Å². The Kier molecular flexibility index (Phi) is 4.19. The first-order valence-corrected chi connectivity index (χ1v) is 5.99. The summed E-state index contributed by atoms with van der Waals surface area (Å²) >= 11 is 11.6. The van der Waals surface area contributed by atoms with Crippen LogP contribution in [-0.2, 0) is 6.61 Å². The van der Waals surface area contributed by atoms with Gasteiger partial charge >= 0.3 is 0 Å². The average molecular weight is 299 g/mol. The van der Waals surface area contributed by atoms with Gasteiger partial charge < -0.3 is 4.74 Å². The quantitative estimate of drug-likeness (QED) is 0.488. The lowest BCUT2D eigenvalue weighted by Crippen LogP contribution is -1.97. The van der Waals surface area contributed by atoms with Gasteiger partial charge in [0.25, 0.3) is 5.69 Å². The molecule has 98 valence electrons. The first kappa shape index (κ1) is 13.6. The summed E-state index contributed by atoms with van der Waals surface area (Å²) < 4.78 is 5.46. The number of nitrogens with zero attached hydrogens (tertiary/aromatic N) is 2. The highest BCUT2D eigenvalue weighted by Crippen LogP contribution is 2.29. The highest BCUT2D eigenvalue weighted by molar-refractivity contribution is 6.32. The van der Waals surface area contributed by atoms with E-state index in [2.05, 4.69) is 4.98 Å². The monoisotopic (exact) mass is 298 g/mol. The molecule has 1 aromatic carbocycles. The number of ether oxygens (including phenoxy) is 1. The molecule has 1 heterocycles. The maximum absolute atomic E-state index is 10.6. The number of pyridine rings is 1. The van der Waals surface area contributed by atoms with Crippen molar-refractivity contribution in [3.8, 4) is 5.75 Å². The Morgan fingerprint density at radius 2 is 2.05 bits per heavy atom. The number of benzene rings is 1. The van der Waals surface area contributed by atoms with Crippen LogP contribution in [0.1, 0.15) is 5.56 Å². The minimum Gasteiger partial charge on any atom is -0.487 e. The van der Waals surface area contributed by atoms with E-state index in [1.165, 1.54) is 18.2 Å². The van der Waals surface area contributed by atoms with Gasteiger partial charge in [0, 0.05) is 23.9 Å². The van der Waals surface area contributed by atoms with Gasteiger partial charge in [-0.15, -0.1) is 0 Å². The Morgan fingerprint density at radius 1 is 1.26 bits per heavy atom. The molecule has 19 heavy (non-hydrogen) atoms. The van der Waals surface area contributed by atoms with E-state index in [0.717, 1.165) is 5.56 Å². The molecule has 0 aliphatic carbocycles. The van der Waals surface area contributed by atoms with E-state index in [-0.39, 0.29) is 17.3 Å². The number of non-ortho nitro benzene ring substituents is 1. The maximum atomic E-state index is 10.6. The van der Waals surface area contributed by atoms with Crippen LogP contribution in [0.4, 0.5) is 5.69 Å². The standard InChI is InChI=1S/C12H8Cl2N2O3/c13-10-5-9(16(17)18)2-3-11(10)19-7-8-1-4-12(14)15-6-8/h1-6H,7H2. The van der Waals surface area contributed by atoms with Crippen molar-refractivity contribution < 1.29 is 9.66 Å². The topological polar surface area (TPSA) is 65.3 Å². The van der Waals surface area contributed by atoms with Gasteiger partial charge in [-0.05, 0) is 12.1 Å². The summed E-state index contributed by atoms with van der Waals surface area (Å²) in [5.41, 5.74) is 0.740. The number of rotatable bonds is 4. The van der Waals surface area contributed by atoms with Crippen LogP contribution in [0.5, 0.6) is 5.75 Å². The van der Waals surface area contributed by atoms with Crippen molar-refractivity contribution in [2.45, 2.75) is 6.61 Å². The van der Waals surface area contributed by atoms with Crippen LogP contribution in [0, 0.1) is 10.1 Å². The molecular weight excluding hydrogens is 291 g/mol. The zero-order chi connectivity index (χ0) is 13.8. The summed E-state index contributed by atoms with van der Waals surface area (Å²) in [5.74, 6) is 0.377. The van der Waals surface area contributed by atoms with Crippen LogP contribution in [0.25, 0.3) is 0 Å². The van der Waals surface area contributed by atoms with E-state index in [4.69, 9.17) is 27.9 Å². The number of nitro benzene ring substituents is 1. The van der Waals surface area contributed by atoms with Crippen LogP contribution < -0.4 is 4.74 Å². The average Bonchev–Trinajstić information content (AvgIpc) is 2.39. The van der Waals surface area contributed by atoms with Gasteiger partial charge in [-0.2, -0.15) is 0 Å². The molecule has 0 saturated carbocycles. The molecule has 7 heteroatoms. The fraction of sp³-hybridized carbons (Fsp3) is 0.0833. The Morgan fingerprint density at radius 3 is 2.63 bits per heavy atom. The second-order valence-corrected chi connectivity index (χ2v) is 4.44. The highest BCUT2D eigenvalue weighted by Gasteiger charge is 2.10. The molecule has 0 fully saturated rings. The van der Waals surface area contributed by atoms with Crippen LogP contribution in [0.2, 0.25) is 10.2 Å². The molecule has 0 bridgehead atoms. The van der Waals surface area contributed by atoms with Crippen molar-refractivity contribution in [1.82, 2.24) is 4.98 Å². The third kappa shape index (κ3) is 3.56. The molecule has 5 nitrogen and oxygen atoms in total. The molecular formula is C12H8Cl2N2O3. The lowest BCUT2D eigenvalue weighted by atomic mass is 10.3. The van der Waals surface area contributed by atoms with Gasteiger partial charge in [-0.1, -0.05) is 29.3 Å². The smallest absolute Gasteiger partial charge is 0.271 e. The molecule has 2 rings (SSSR count). The summed E-state index contributed by atoms with van der Waals surface area (Å²) in [6.07, 6.45) is 1.58. The molecule has 0 saturated heterocycles. The number of halogens is 2. The van der Waals surface area contributed by atoms with E-state index in [1.54, 1.807) is 18.3 Å². The molecule has 2 aromatic rings. The van der Waals surface area contributed by atoms with Gasteiger partial charge in [0.2, 0.25) is 0 Å². The fourth-order valence-corrected chi connectivity index (χ4v) is 1.71. The van der Waals surface area contributed by atoms with Crippen LogP contribution in [0.3, 0.4) is 0 Å². The van der Waals surface area contributed by atoms with Crippen molar-refractivity contribution in [2.75, 3.05) is 0 Å². The maximum Gasteiger partial charge on any atom is 0.271 e. The van der Waals surface area contributed by atoms with E-state index in [0.29, 0.717) is 10.9 Å². The van der Waals surface area contributed by atoms with E-state index in [1.807, 2.05) is 0 Å². The number of aromatic nitrogens is 1. The first-order valence-electron chi connectivity index (χ1n) is 5.23. The normalized spacial score (nSPS) is 10.2. The molecule has 0 radical (unpaired) electrons. The SMILES string of the molecule is O=[N+]([O-])c1ccc(OCc2ccc(Cl)nc2)c(Cl)c1. The van der Waals surface area contributed by atoms with Gasteiger partial charge in [0.05, 0.1) is 9.95 Å². The third-order valence-corrected chi connectivity index (χ3v) is 2.83. The fourth-order valence-electron chi connectivity index (χ4n) is 1.37. The summed E-state index contributed by atoms with van der Waals surface area (Å²) in [6, 6.07) is 7.47. The molecule has 0 unspecified atom stereocenters. The van der Waals surface area contributed by atoms with Crippen LogP contribution in [0.15, 0.2) is 36.5 Å². The van der Waals surface area contributed by atoms with Crippen molar-refractivity contribution in [2.24, 2.45) is 0 Å². The van der Waals surface area contributed by atoms with Crippen LogP contribution >= 0.6 is 23.2 Å². The zero-order valence-electron chi connectivity index (χ0n) is 9.55. The minimum atomic E-state index is -0.515. The van der Waals surface area contributed by atoms with Gasteiger partial charge in [0.1, 0.15) is 17.5 Å². The molecule has 0 aliphatic heterocycles. The lowest BCUT2D eigenvalue weighted by molar-refractivity contribution is -0.384. The number of hydrogen-bond donors (Lipinski definition) is 0. The third-order valence-electron chi connectivity index (χ3n) is 2.31. The summed E-state index contributed by atoms with van der Waals surface area (Å²) in [7, 11) is 0. The summed E-state index contributed by atoms with van der Waals surface area (Å²) in [5, 5.41) is 11.2. The molecule has 0 atom stereocenters. The lowest BCUT2D eigenvalue weighted by Gasteiger charge is -2.07. The minimum absolute atomic E-state index is 0.0782. The molecule has 0 aliphatic rings. The second-order valence-electron chi connectivity index (χ2n) is 3.65. The van der Waals surface area contributed by atoms with Crippen molar-refractivity contribution >= 4 is 28.9 Å². The Balaban J connectivity index is 2.07. The number of hydrogen-bond acceptors (Lipinski definition) is 4. The van der Waals surface area contributed by atoms with E-state index < -0.39 is 4.92 Å². The second kappa shape index (κ2) is 5.86. The van der Waals surface area contributed by atoms with E-state index in [9.17, 15) is 10.1 Å².